The number of aromatic carboxylic acids is 1. The van der Waals surface area contributed by atoms with E-state index < -0.39 is 5.97 Å². The van der Waals surface area contributed by atoms with Gasteiger partial charge in [0.15, 0.2) is 5.69 Å². The lowest BCUT2D eigenvalue weighted by Crippen LogP contribution is -2.02. The van der Waals surface area contributed by atoms with Crippen LogP contribution in [0.5, 0.6) is 11.6 Å². The number of nitrogens with zero attached hydrogens (tertiary/aromatic N) is 2. The number of hydrogen-bond donors (Lipinski definition) is 1. The first-order chi connectivity index (χ1) is 8.97. The third-order valence-corrected chi connectivity index (χ3v) is 2.67. The number of hydrogen-bond acceptors (Lipinski definition) is 4. The van der Waals surface area contributed by atoms with Gasteiger partial charge in [-0.3, -0.25) is 0 Å². The molecule has 0 aliphatic heterocycles. The van der Waals surface area contributed by atoms with Gasteiger partial charge in [-0.25, -0.2) is 14.8 Å². The number of rotatable bonds is 3. The van der Waals surface area contributed by atoms with Crippen LogP contribution in [-0.4, -0.2) is 21.0 Å². The molecule has 0 unspecified atom stereocenters. The zero-order valence-corrected chi connectivity index (χ0v) is 11.0. The van der Waals surface area contributed by atoms with Crippen molar-refractivity contribution in [1.82, 2.24) is 9.97 Å². The maximum absolute atomic E-state index is 10.8. The summed E-state index contributed by atoms with van der Waals surface area (Å²) >= 11 is 0. The molecular weight excluding hydrogens is 244 g/mol. The van der Waals surface area contributed by atoms with Crippen LogP contribution in [0.25, 0.3) is 0 Å². The Kier molecular flexibility index (Phi) is 3.46. The van der Waals surface area contributed by atoms with Gasteiger partial charge in [0.2, 0.25) is 5.88 Å². The zero-order chi connectivity index (χ0) is 14.0. The fraction of sp³-hybridized carbons (Fsp3) is 0.214. The minimum absolute atomic E-state index is 0.0904. The van der Waals surface area contributed by atoms with Crippen molar-refractivity contribution in [1.29, 1.82) is 0 Å². The number of aromatic nitrogens is 2. The highest BCUT2D eigenvalue weighted by molar-refractivity contribution is 5.85. The van der Waals surface area contributed by atoms with Crippen LogP contribution in [0.1, 0.15) is 27.2 Å². The Labute approximate surface area is 110 Å². The van der Waals surface area contributed by atoms with Gasteiger partial charge in [-0.2, -0.15) is 0 Å². The molecular formula is C14H14N2O3. The normalized spacial score (nSPS) is 10.3. The SMILES string of the molecule is Cc1cc(C)c(Oc2cc(C(=O)O)ncn2)c(C)c1. The fourth-order valence-electron chi connectivity index (χ4n) is 1.94. The van der Waals surface area contributed by atoms with Crippen molar-refractivity contribution in [2.45, 2.75) is 20.8 Å². The minimum Gasteiger partial charge on any atom is -0.477 e. The van der Waals surface area contributed by atoms with Crippen molar-refractivity contribution in [3.63, 3.8) is 0 Å². The topological polar surface area (TPSA) is 72.3 Å². The third kappa shape index (κ3) is 2.88. The van der Waals surface area contributed by atoms with Gasteiger partial charge in [0.05, 0.1) is 0 Å². The van der Waals surface area contributed by atoms with Gasteiger partial charge < -0.3 is 9.84 Å². The van der Waals surface area contributed by atoms with Crippen LogP contribution >= 0.6 is 0 Å². The number of carbonyl (C=O) groups is 1. The number of benzene rings is 1. The molecule has 0 radical (unpaired) electrons. The maximum atomic E-state index is 10.8. The molecule has 5 heteroatoms. The summed E-state index contributed by atoms with van der Waals surface area (Å²) in [6, 6.07) is 5.31. The van der Waals surface area contributed by atoms with Crippen LogP contribution in [0.15, 0.2) is 24.5 Å². The summed E-state index contributed by atoms with van der Waals surface area (Å²) in [5.41, 5.74) is 3.02. The Morgan fingerprint density at radius 1 is 1.11 bits per heavy atom. The van der Waals surface area contributed by atoms with E-state index in [1.807, 2.05) is 32.9 Å². The lowest BCUT2D eigenvalue weighted by molar-refractivity contribution is 0.0689. The Morgan fingerprint density at radius 3 is 2.32 bits per heavy atom. The van der Waals surface area contributed by atoms with Gasteiger partial charge in [0.1, 0.15) is 12.1 Å². The highest BCUT2D eigenvalue weighted by Gasteiger charge is 2.10. The molecule has 5 nitrogen and oxygen atoms in total. The molecule has 0 aliphatic carbocycles. The van der Waals surface area contributed by atoms with Crippen molar-refractivity contribution in [3.8, 4) is 11.6 Å². The van der Waals surface area contributed by atoms with E-state index in [9.17, 15) is 4.79 Å². The molecule has 1 aromatic heterocycles. The smallest absolute Gasteiger partial charge is 0.354 e. The van der Waals surface area contributed by atoms with E-state index in [1.165, 1.54) is 12.4 Å². The monoisotopic (exact) mass is 258 g/mol. The molecule has 0 aliphatic rings. The van der Waals surface area contributed by atoms with Gasteiger partial charge in [-0.15, -0.1) is 0 Å². The van der Waals surface area contributed by atoms with Gasteiger partial charge >= 0.3 is 5.97 Å². The quantitative estimate of drug-likeness (QED) is 0.916. The highest BCUT2D eigenvalue weighted by atomic mass is 16.5. The molecule has 0 amide bonds. The summed E-state index contributed by atoms with van der Waals surface area (Å²) in [6.07, 6.45) is 1.18. The minimum atomic E-state index is -1.11. The second kappa shape index (κ2) is 5.06. The summed E-state index contributed by atoms with van der Waals surface area (Å²) in [5.74, 6) is -0.187. The molecule has 98 valence electrons. The molecule has 2 rings (SSSR count). The Bertz CT molecular complexity index is 615. The molecule has 0 saturated heterocycles. The Hall–Kier alpha value is -2.43. The second-order valence-corrected chi connectivity index (χ2v) is 4.38. The van der Waals surface area contributed by atoms with E-state index in [1.54, 1.807) is 0 Å². The van der Waals surface area contributed by atoms with E-state index >= 15 is 0 Å². The average Bonchev–Trinajstić information content (AvgIpc) is 2.34. The number of ether oxygens (including phenoxy) is 1. The first-order valence-electron chi connectivity index (χ1n) is 5.78. The van der Waals surface area contributed by atoms with Crippen LogP contribution in [0.4, 0.5) is 0 Å². The molecule has 0 bridgehead atoms. The standard InChI is InChI=1S/C14H14N2O3/c1-8-4-9(2)13(10(3)5-8)19-12-6-11(14(17)18)15-7-16-12/h4-7H,1-3H3,(H,17,18). The summed E-state index contributed by atoms with van der Waals surface area (Å²) in [5, 5.41) is 8.88. The van der Waals surface area contributed by atoms with Crippen LogP contribution in [0.2, 0.25) is 0 Å². The molecule has 0 saturated carbocycles. The largest absolute Gasteiger partial charge is 0.477 e. The predicted octanol–water partition coefficient (Wildman–Crippen LogP) is 2.89. The number of aryl methyl sites for hydroxylation is 3. The number of carboxylic acids is 1. The summed E-state index contributed by atoms with van der Waals surface area (Å²) in [4.78, 5) is 18.4. The van der Waals surface area contributed by atoms with Crippen LogP contribution in [0.3, 0.4) is 0 Å². The van der Waals surface area contributed by atoms with Gasteiger partial charge in [-0.05, 0) is 31.9 Å². The lowest BCUT2D eigenvalue weighted by Gasteiger charge is -2.12. The summed E-state index contributed by atoms with van der Waals surface area (Å²) in [7, 11) is 0. The predicted molar refractivity (Wildman–Crippen MR) is 69.7 cm³/mol. The van der Waals surface area contributed by atoms with E-state index in [2.05, 4.69) is 9.97 Å². The first kappa shape index (κ1) is 13.0. The van der Waals surface area contributed by atoms with Crippen molar-refractivity contribution in [2.75, 3.05) is 0 Å². The van der Waals surface area contributed by atoms with Gasteiger partial charge in [-0.1, -0.05) is 17.7 Å². The molecule has 0 spiro atoms. The molecule has 19 heavy (non-hydrogen) atoms. The average molecular weight is 258 g/mol. The lowest BCUT2D eigenvalue weighted by atomic mass is 10.1. The van der Waals surface area contributed by atoms with E-state index in [0.717, 1.165) is 16.7 Å². The summed E-state index contributed by atoms with van der Waals surface area (Å²) < 4.78 is 5.67. The van der Waals surface area contributed by atoms with Gasteiger partial charge in [0, 0.05) is 6.07 Å². The van der Waals surface area contributed by atoms with Crippen molar-refractivity contribution in [3.05, 3.63) is 46.9 Å². The van der Waals surface area contributed by atoms with Gasteiger partial charge in [0.25, 0.3) is 0 Å². The first-order valence-corrected chi connectivity index (χ1v) is 5.78. The Balaban J connectivity index is 2.36. The molecule has 1 aromatic carbocycles. The van der Waals surface area contributed by atoms with Crippen LogP contribution in [0, 0.1) is 20.8 Å². The third-order valence-electron chi connectivity index (χ3n) is 2.67. The van der Waals surface area contributed by atoms with E-state index in [-0.39, 0.29) is 11.6 Å². The van der Waals surface area contributed by atoms with Crippen LogP contribution in [-0.2, 0) is 0 Å². The second-order valence-electron chi connectivity index (χ2n) is 4.38. The molecule has 0 fully saturated rings. The van der Waals surface area contributed by atoms with Crippen molar-refractivity contribution >= 4 is 5.97 Å². The highest BCUT2D eigenvalue weighted by Crippen LogP contribution is 2.28. The molecule has 1 heterocycles. The maximum Gasteiger partial charge on any atom is 0.354 e. The van der Waals surface area contributed by atoms with Crippen molar-refractivity contribution in [2.24, 2.45) is 0 Å². The van der Waals surface area contributed by atoms with Crippen LogP contribution < -0.4 is 4.74 Å². The van der Waals surface area contributed by atoms with Crippen molar-refractivity contribution < 1.29 is 14.6 Å². The van der Waals surface area contributed by atoms with E-state index in [0.29, 0.717) is 5.75 Å². The molecule has 0 atom stereocenters. The molecule has 1 N–H and O–H groups in total. The zero-order valence-electron chi connectivity index (χ0n) is 11.0. The number of carboxylic acid groups (broad SMARTS) is 1. The Morgan fingerprint density at radius 2 is 1.74 bits per heavy atom. The fourth-order valence-corrected chi connectivity index (χ4v) is 1.94. The molecule has 2 aromatic rings. The summed E-state index contributed by atoms with van der Waals surface area (Å²) in [6.45, 7) is 5.89. The van der Waals surface area contributed by atoms with E-state index in [4.69, 9.17) is 9.84 Å².